The Hall–Kier alpha value is -3.29. The molecule has 0 saturated heterocycles. The highest BCUT2D eigenvalue weighted by Gasteiger charge is 2.27. The lowest BCUT2D eigenvalue weighted by molar-refractivity contribution is -0.384. The van der Waals surface area contributed by atoms with Gasteiger partial charge in [-0.25, -0.2) is 9.18 Å². The zero-order valence-corrected chi connectivity index (χ0v) is 14.8. The van der Waals surface area contributed by atoms with E-state index in [2.05, 4.69) is 5.32 Å². The van der Waals surface area contributed by atoms with Crippen molar-refractivity contribution in [2.24, 2.45) is 5.92 Å². The molecule has 8 heteroatoms. The molecule has 0 fully saturated rings. The van der Waals surface area contributed by atoms with E-state index in [0.29, 0.717) is 5.56 Å². The number of nitrogens with zero attached hydrogens (tertiary/aromatic N) is 1. The Kier molecular flexibility index (Phi) is 6.59. The summed E-state index contributed by atoms with van der Waals surface area (Å²) in [6, 6.07) is 10.2. The lowest BCUT2D eigenvalue weighted by Gasteiger charge is -2.21. The predicted octanol–water partition coefficient (Wildman–Crippen LogP) is 3.23. The molecule has 0 aromatic heterocycles. The van der Waals surface area contributed by atoms with E-state index in [9.17, 15) is 24.1 Å². The van der Waals surface area contributed by atoms with Crippen molar-refractivity contribution in [3.8, 4) is 0 Å². The van der Waals surface area contributed by atoms with Gasteiger partial charge in [0.25, 0.3) is 11.6 Å². The van der Waals surface area contributed by atoms with Crippen LogP contribution in [0.4, 0.5) is 10.1 Å². The Morgan fingerprint density at radius 2 is 1.89 bits per heavy atom. The lowest BCUT2D eigenvalue weighted by Crippen LogP contribution is -2.45. The first-order chi connectivity index (χ1) is 12.8. The average molecular weight is 374 g/mol. The van der Waals surface area contributed by atoms with Crippen molar-refractivity contribution in [1.29, 1.82) is 0 Å². The molecular weight excluding hydrogens is 355 g/mol. The number of esters is 1. The van der Waals surface area contributed by atoms with Gasteiger partial charge in [-0.1, -0.05) is 38.1 Å². The lowest BCUT2D eigenvalue weighted by atomic mass is 10.0. The molecular formula is C19H19FN2O5. The predicted molar refractivity (Wildman–Crippen MR) is 95.4 cm³/mol. The molecule has 0 bridgehead atoms. The van der Waals surface area contributed by atoms with Gasteiger partial charge in [0.15, 0.2) is 0 Å². The van der Waals surface area contributed by atoms with Crippen LogP contribution in [0.25, 0.3) is 0 Å². The number of amides is 1. The third kappa shape index (κ3) is 5.34. The van der Waals surface area contributed by atoms with Gasteiger partial charge in [-0.3, -0.25) is 14.9 Å². The van der Waals surface area contributed by atoms with Crippen LogP contribution < -0.4 is 5.32 Å². The highest BCUT2D eigenvalue weighted by molar-refractivity contribution is 5.97. The van der Waals surface area contributed by atoms with Crippen LogP contribution in [0.1, 0.15) is 29.8 Å². The third-order valence-corrected chi connectivity index (χ3v) is 3.83. The standard InChI is InChI=1S/C19H19FN2O5/c1-12(2)17(21-18(23)15-8-3-4-9-16(15)20)19(24)27-11-13-6-5-7-14(10-13)22(25)26/h3-10,12,17H,11H2,1-2H3,(H,21,23)/t17-/m0/s1. The highest BCUT2D eigenvalue weighted by atomic mass is 19.1. The van der Waals surface area contributed by atoms with Gasteiger partial charge in [0.05, 0.1) is 10.5 Å². The third-order valence-electron chi connectivity index (χ3n) is 3.83. The highest BCUT2D eigenvalue weighted by Crippen LogP contribution is 2.15. The minimum absolute atomic E-state index is 0.114. The number of halogens is 1. The molecule has 0 unspecified atom stereocenters. The molecule has 0 radical (unpaired) electrons. The van der Waals surface area contributed by atoms with Gasteiger partial charge in [0, 0.05) is 12.1 Å². The summed E-state index contributed by atoms with van der Waals surface area (Å²) in [5, 5.41) is 13.3. The van der Waals surface area contributed by atoms with E-state index in [1.165, 1.54) is 36.4 Å². The average Bonchev–Trinajstić information content (AvgIpc) is 2.64. The fraction of sp³-hybridized carbons (Fsp3) is 0.263. The smallest absolute Gasteiger partial charge is 0.329 e. The monoisotopic (exact) mass is 374 g/mol. The largest absolute Gasteiger partial charge is 0.459 e. The van der Waals surface area contributed by atoms with Crippen LogP contribution in [-0.2, 0) is 16.1 Å². The number of hydrogen-bond donors (Lipinski definition) is 1. The molecule has 2 aromatic rings. The quantitative estimate of drug-likeness (QED) is 0.456. The van der Waals surface area contributed by atoms with Gasteiger partial charge >= 0.3 is 5.97 Å². The molecule has 7 nitrogen and oxygen atoms in total. The van der Waals surface area contributed by atoms with Crippen LogP contribution in [0.3, 0.4) is 0 Å². The van der Waals surface area contributed by atoms with Gasteiger partial charge in [-0.15, -0.1) is 0 Å². The Morgan fingerprint density at radius 1 is 1.19 bits per heavy atom. The number of rotatable bonds is 7. The molecule has 0 saturated carbocycles. The maximum Gasteiger partial charge on any atom is 0.329 e. The van der Waals surface area contributed by atoms with Crippen molar-refractivity contribution in [2.75, 3.05) is 0 Å². The number of benzene rings is 2. The van der Waals surface area contributed by atoms with Crippen LogP contribution in [0.15, 0.2) is 48.5 Å². The topological polar surface area (TPSA) is 98.5 Å². The minimum Gasteiger partial charge on any atom is -0.459 e. The van der Waals surface area contributed by atoms with Crippen LogP contribution in [0.2, 0.25) is 0 Å². The molecule has 27 heavy (non-hydrogen) atoms. The van der Waals surface area contributed by atoms with E-state index >= 15 is 0 Å². The first-order valence-corrected chi connectivity index (χ1v) is 8.25. The number of hydrogen-bond acceptors (Lipinski definition) is 5. The molecule has 1 amide bonds. The Morgan fingerprint density at radius 3 is 2.52 bits per heavy atom. The molecule has 0 heterocycles. The molecule has 0 aliphatic rings. The molecule has 1 atom stereocenters. The van der Waals surface area contributed by atoms with Gasteiger partial charge in [-0.05, 0) is 23.6 Å². The summed E-state index contributed by atoms with van der Waals surface area (Å²) in [5.74, 6) is -2.43. The first kappa shape index (κ1) is 20.0. The normalized spacial score (nSPS) is 11.7. The van der Waals surface area contributed by atoms with E-state index < -0.39 is 28.7 Å². The van der Waals surface area contributed by atoms with Crippen molar-refractivity contribution in [3.63, 3.8) is 0 Å². The summed E-state index contributed by atoms with van der Waals surface area (Å²) in [4.78, 5) is 34.9. The van der Waals surface area contributed by atoms with Gasteiger partial charge in [0.1, 0.15) is 18.5 Å². The van der Waals surface area contributed by atoms with Gasteiger partial charge in [-0.2, -0.15) is 0 Å². The second-order valence-corrected chi connectivity index (χ2v) is 6.21. The van der Waals surface area contributed by atoms with Crippen molar-refractivity contribution in [1.82, 2.24) is 5.32 Å². The van der Waals surface area contributed by atoms with Crippen LogP contribution in [-0.4, -0.2) is 22.8 Å². The number of nitro benzene ring substituents is 1. The Labute approximate surface area is 155 Å². The van der Waals surface area contributed by atoms with Gasteiger partial charge in [0.2, 0.25) is 0 Å². The first-order valence-electron chi connectivity index (χ1n) is 8.25. The molecule has 142 valence electrons. The Balaban J connectivity index is 2.05. The van der Waals surface area contributed by atoms with E-state index in [-0.39, 0.29) is 23.8 Å². The molecule has 2 aromatic carbocycles. The molecule has 0 aliphatic carbocycles. The van der Waals surface area contributed by atoms with Crippen molar-refractivity contribution < 1.29 is 23.6 Å². The molecule has 2 rings (SSSR count). The van der Waals surface area contributed by atoms with E-state index in [4.69, 9.17) is 4.74 Å². The summed E-state index contributed by atoms with van der Waals surface area (Å²) in [5.41, 5.74) is 0.159. The van der Waals surface area contributed by atoms with E-state index in [1.54, 1.807) is 19.9 Å². The van der Waals surface area contributed by atoms with Crippen molar-refractivity contribution in [2.45, 2.75) is 26.5 Å². The van der Waals surface area contributed by atoms with Crippen LogP contribution in [0.5, 0.6) is 0 Å². The number of carbonyl (C=O) groups is 2. The van der Waals surface area contributed by atoms with Crippen LogP contribution >= 0.6 is 0 Å². The van der Waals surface area contributed by atoms with Crippen molar-refractivity contribution in [3.05, 3.63) is 75.6 Å². The maximum absolute atomic E-state index is 13.7. The maximum atomic E-state index is 13.7. The van der Waals surface area contributed by atoms with Gasteiger partial charge < -0.3 is 10.1 Å². The second-order valence-electron chi connectivity index (χ2n) is 6.21. The zero-order chi connectivity index (χ0) is 20.0. The number of nitro groups is 1. The number of nitrogens with one attached hydrogen (secondary N) is 1. The number of ether oxygens (including phenoxy) is 1. The Bertz CT molecular complexity index is 853. The minimum atomic E-state index is -0.990. The van der Waals surface area contributed by atoms with Crippen molar-refractivity contribution >= 4 is 17.6 Å². The summed E-state index contributed by atoms with van der Waals surface area (Å²) in [7, 11) is 0. The SMILES string of the molecule is CC(C)[C@H](NC(=O)c1ccccc1F)C(=O)OCc1cccc([N+](=O)[O-])c1. The molecule has 0 spiro atoms. The summed E-state index contributed by atoms with van der Waals surface area (Å²) in [6.07, 6.45) is 0. The second kappa shape index (κ2) is 8.88. The molecule has 0 aliphatic heterocycles. The van der Waals surface area contributed by atoms with E-state index in [1.807, 2.05) is 0 Å². The fourth-order valence-corrected chi connectivity index (χ4v) is 2.37. The summed E-state index contributed by atoms with van der Waals surface area (Å²) >= 11 is 0. The fourth-order valence-electron chi connectivity index (χ4n) is 2.37. The number of non-ortho nitro benzene ring substituents is 1. The van der Waals surface area contributed by atoms with E-state index in [0.717, 1.165) is 6.07 Å². The summed E-state index contributed by atoms with van der Waals surface area (Å²) in [6.45, 7) is 3.24. The van der Waals surface area contributed by atoms with Crippen LogP contribution in [0, 0.1) is 21.8 Å². The molecule has 1 N–H and O–H groups in total. The summed E-state index contributed by atoms with van der Waals surface area (Å²) < 4.78 is 18.9. The zero-order valence-electron chi connectivity index (χ0n) is 14.8. The number of carbonyl (C=O) groups excluding carboxylic acids is 2.